The lowest BCUT2D eigenvalue weighted by Crippen LogP contribution is -2.13. The summed E-state index contributed by atoms with van der Waals surface area (Å²) >= 11 is 0. The third-order valence-electron chi connectivity index (χ3n) is 3.62. The van der Waals surface area contributed by atoms with Gasteiger partial charge in [0.25, 0.3) is 5.91 Å². The third-order valence-corrected chi connectivity index (χ3v) is 3.62. The number of hydrogen-bond donors (Lipinski definition) is 1. The summed E-state index contributed by atoms with van der Waals surface area (Å²) in [4.78, 5) is 12.4. The third kappa shape index (κ3) is 2.76. The lowest BCUT2D eigenvalue weighted by molar-refractivity contribution is 0.102. The van der Waals surface area contributed by atoms with Crippen molar-refractivity contribution in [1.82, 2.24) is 9.78 Å². The van der Waals surface area contributed by atoms with Crippen molar-refractivity contribution in [3.63, 3.8) is 0 Å². The van der Waals surface area contributed by atoms with Crippen molar-refractivity contribution < 1.29 is 4.79 Å². The highest BCUT2D eigenvalue weighted by atomic mass is 16.1. The number of aryl methyl sites for hydroxylation is 2. The standard InChI is InChI=1S/C18H17N3O/c1-13-5-3-6-14(2)17(13)20-18(22)15-7-9-16(10-8-15)21-12-4-11-19-21/h3-12H,1-2H3,(H,20,22). The number of benzene rings is 2. The molecule has 1 heterocycles. The van der Waals surface area contributed by atoms with Crippen LogP contribution < -0.4 is 5.32 Å². The summed E-state index contributed by atoms with van der Waals surface area (Å²) in [5.41, 5.74) is 4.54. The van der Waals surface area contributed by atoms with Crippen LogP contribution in [0, 0.1) is 13.8 Å². The van der Waals surface area contributed by atoms with Gasteiger partial charge in [-0.25, -0.2) is 4.68 Å². The fourth-order valence-corrected chi connectivity index (χ4v) is 2.38. The summed E-state index contributed by atoms with van der Waals surface area (Å²) in [6, 6.07) is 15.2. The minimum absolute atomic E-state index is 0.107. The van der Waals surface area contributed by atoms with Crippen LogP contribution in [0.1, 0.15) is 21.5 Å². The van der Waals surface area contributed by atoms with Gasteiger partial charge in [0.15, 0.2) is 0 Å². The number of para-hydroxylation sites is 1. The summed E-state index contributed by atoms with van der Waals surface area (Å²) < 4.78 is 1.76. The topological polar surface area (TPSA) is 46.9 Å². The van der Waals surface area contributed by atoms with Crippen LogP contribution in [-0.4, -0.2) is 15.7 Å². The Kier molecular flexibility index (Phi) is 3.74. The molecule has 0 aliphatic heterocycles. The number of amides is 1. The summed E-state index contributed by atoms with van der Waals surface area (Å²) in [5, 5.41) is 7.16. The molecule has 0 unspecified atom stereocenters. The highest BCUT2D eigenvalue weighted by molar-refractivity contribution is 6.05. The molecule has 2 aromatic carbocycles. The van der Waals surface area contributed by atoms with Gasteiger partial charge in [0, 0.05) is 23.6 Å². The summed E-state index contributed by atoms with van der Waals surface area (Å²) in [6.45, 7) is 3.98. The quantitative estimate of drug-likeness (QED) is 0.799. The number of anilines is 1. The van der Waals surface area contributed by atoms with Crippen molar-refractivity contribution in [3.05, 3.63) is 77.6 Å². The van der Waals surface area contributed by atoms with Crippen LogP contribution in [0.15, 0.2) is 60.9 Å². The smallest absolute Gasteiger partial charge is 0.255 e. The van der Waals surface area contributed by atoms with Gasteiger partial charge in [0.1, 0.15) is 0 Å². The van der Waals surface area contributed by atoms with Gasteiger partial charge in [0.05, 0.1) is 5.69 Å². The minimum atomic E-state index is -0.107. The molecule has 3 aromatic rings. The highest BCUT2D eigenvalue weighted by Gasteiger charge is 2.09. The fraction of sp³-hybridized carbons (Fsp3) is 0.111. The zero-order valence-corrected chi connectivity index (χ0v) is 12.6. The molecule has 1 aromatic heterocycles. The Morgan fingerprint density at radius 2 is 1.68 bits per heavy atom. The zero-order valence-electron chi connectivity index (χ0n) is 12.6. The van der Waals surface area contributed by atoms with Crippen LogP contribution in [0.3, 0.4) is 0 Å². The van der Waals surface area contributed by atoms with E-state index in [4.69, 9.17) is 0 Å². The molecule has 0 aliphatic rings. The molecule has 3 rings (SSSR count). The lowest BCUT2D eigenvalue weighted by Gasteiger charge is -2.11. The maximum atomic E-state index is 12.4. The van der Waals surface area contributed by atoms with Gasteiger partial charge in [-0.3, -0.25) is 4.79 Å². The molecule has 4 heteroatoms. The normalized spacial score (nSPS) is 10.5. The zero-order chi connectivity index (χ0) is 15.5. The number of hydrogen-bond acceptors (Lipinski definition) is 2. The molecule has 0 atom stereocenters. The molecular formula is C18H17N3O. The van der Waals surface area contributed by atoms with Gasteiger partial charge in [-0.15, -0.1) is 0 Å². The van der Waals surface area contributed by atoms with Crippen LogP contribution in [-0.2, 0) is 0 Å². The first-order chi connectivity index (χ1) is 10.6. The molecule has 0 saturated heterocycles. The van der Waals surface area contributed by atoms with Gasteiger partial charge < -0.3 is 5.32 Å². The molecule has 22 heavy (non-hydrogen) atoms. The minimum Gasteiger partial charge on any atom is -0.322 e. The van der Waals surface area contributed by atoms with E-state index in [9.17, 15) is 4.79 Å². The molecule has 0 saturated carbocycles. The van der Waals surface area contributed by atoms with Crippen molar-refractivity contribution in [3.8, 4) is 5.69 Å². The van der Waals surface area contributed by atoms with Crippen LogP contribution >= 0.6 is 0 Å². The van der Waals surface area contributed by atoms with Gasteiger partial charge in [-0.1, -0.05) is 18.2 Å². The molecule has 110 valence electrons. The SMILES string of the molecule is Cc1cccc(C)c1NC(=O)c1ccc(-n2cccn2)cc1. The lowest BCUT2D eigenvalue weighted by atomic mass is 10.1. The molecular weight excluding hydrogens is 274 g/mol. The van der Waals surface area contributed by atoms with E-state index in [1.54, 1.807) is 23.0 Å². The number of aromatic nitrogens is 2. The maximum absolute atomic E-state index is 12.4. The molecule has 0 fully saturated rings. The van der Waals surface area contributed by atoms with Gasteiger partial charge >= 0.3 is 0 Å². The molecule has 0 aliphatic carbocycles. The largest absolute Gasteiger partial charge is 0.322 e. The van der Waals surface area contributed by atoms with Crippen molar-refractivity contribution in [1.29, 1.82) is 0 Å². The molecule has 0 radical (unpaired) electrons. The van der Waals surface area contributed by atoms with Crippen molar-refractivity contribution >= 4 is 11.6 Å². The number of nitrogens with one attached hydrogen (secondary N) is 1. The van der Waals surface area contributed by atoms with E-state index >= 15 is 0 Å². The second-order valence-corrected chi connectivity index (χ2v) is 5.22. The van der Waals surface area contributed by atoms with Crippen LogP contribution in [0.25, 0.3) is 5.69 Å². The van der Waals surface area contributed by atoms with Gasteiger partial charge in [-0.2, -0.15) is 5.10 Å². The van der Waals surface area contributed by atoms with Gasteiger partial charge in [0.2, 0.25) is 0 Å². The predicted molar refractivity (Wildman–Crippen MR) is 87.4 cm³/mol. The van der Waals surface area contributed by atoms with E-state index in [1.165, 1.54) is 0 Å². The molecule has 0 spiro atoms. The number of rotatable bonds is 3. The van der Waals surface area contributed by atoms with Crippen LogP contribution in [0.2, 0.25) is 0 Å². The summed E-state index contributed by atoms with van der Waals surface area (Å²) in [5.74, 6) is -0.107. The van der Waals surface area contributed by atoms with E-state index in [0.29, 0.717) is 5.56 Å². The summed E-state index contributed by atoms with van der Waals surface area (Å²) in [7, 11) is 0. The Hall–Kier alpha value is -2.88. The van der Waals surface area contributed by atoms with Gasteiger partial charge in [-0.05, 0) is 55.3 Å². The maximum Gasteiger partial charge on any atom is 0.255 e. The summed E-state index contributed by atoms with van der Waals surface area (Å²) in [6.07, 6.45) is 3.59. The molecule has 1 amide bonds. The number of nitrogens with zero attached hydrogens (tertiary/aromatic N) is 2. The Bertz CT molecular complexity index is 769. The molecule has 0 bridgehead atoms. The highest BCUT2D eigenvalue weighted by Crippen LogP contribution is 2.20. The van der Waals surface area contributed by atoms with Crippen molar-refractivity contribution in [2.45, 2.75) is 13.8 Å². The Morgan fingerprint density at radius 3 is 2.27 bits per heavy atom. The Balaban J connectivity index is 1.81. The van der Waals surface area contributed by atoms with E-state index < -0.39 is 0 Å². The number of carbonyl (C=O) groups is 1. The molecule has 4 nitrogen and oxygen atoms in total. The van der Waals surface area contributed by atoms with Crippen molar-refractivity contribution in [2.24, 2.45) is 0 Å². The second kappa shape index (κ2) is 5.85. The average molecular weight is 291 g/mol. The monoisotopic (exact) mass is 291 g/mol. The molecule has 1 N–H and O–H groups in total. The second-order valence-electron chi connectivity index (χ2n) is 5.22. The first-order valence-corrected chi connectivity index (χ1v) is 7.13. The van der Waals surface area contributed by atoms with Crippen LogP contribution in [0.5, 0.6) is 0 Å². The van der Waals surface area contributed by atoms with E-state index in [-0.39, 0.29) is 5.91 Å². The van der Waals surface area contributed by atoms with E-state index in [2.05, 4.69) is 10.4 Å². The first kappa shape index (κ1) is 14.1. The van der Waals surface area contributed by atoms with Crippen LogP contribution in [0.4, 0.5) is 5.69 Å². The predicted octanol–water partition coefficient (Wildman–Crippen LogP) is 3.74. The van der Waals surface area contributed by atoms with E-state index in [0.717, 1.165) is 22.5 Å². The number of carbonyl (C=O) groups excluding carboxylic acids is 1. The average Bonchev–Trinajstić information content (AvgIpc) is 3.05. The van der Waals surface area contributed by atoms with Crippen molar-refractivity contribution in [2.75, 3.05) is 5.32 Å². The first-order valence-electron chi connectivity index (χ1n) is 7.13. The fourth-order valence-electron chi connectivity index (χ4n) is 2.38. The van der Waals surface area contributed by atoms with E-state index in [1.807, 2.05) is 56.4 Å². The Morgan fingerprint density at radius 1 is 1.00 bits per heavy atom. The Labute approximate surface area is 129 Å².